The molecular formula is C14H23N. The van der Waals surface area contributed by atoms with Crippen molar-refractivity contribution in [1.82, 2.24) is 5.32 Å². The summed E-state index contributed by atoms with van der Waals surface area (Å²) in [5, 5.41) is 3.39. The van der Waals surface area contributed by atoms with Gasteiger partial charge in [0.2, 0.25) is 0 Å². The van der Waals surface area contributed by atoms with E-state index in [1.54, 1.807) is 0 Å². The Hall–Kier alpha value is -0.820. The molecule has 0 aliphatic carbocycles. The summed E-state index contributed by atoms with van der Waals surface area (Å²) in [7, 11) is 2.06. The normalized spacial score (nSPS) is 12.8. The lowest BCUT2D eigenvalue weighted by Gasteiger charge is -2.15. The molecule has 0 heterocycles. The zero-order valence-corrected chi connectivity index (χ0v) is 10.4. The van der Waals surface area contributed by atoms with E-state index < -0.39 is 0 Å². The molecule has 1 nitrogen and oxygen atoms in total. The Morgan fingerprint density at radius 1 is 1.20 bits per heavy atom. The van der Waals surface area contributed by atoms with Gasteiger partial charge in [0.15, 0.2) is 0 Å². The molecule has 0 fully saturated rings. The predicted molar refractivity (Wildman–Crippen MR) is 67.4 cm³/mol. The van der Waals surface area contributed by atoms with Crippen molar-refractivity contribution in [1.29, 1.82) is 0 Å². The molecular weight excluding hydrogens is 182 g/mol. The monoisotopic (exact) mass is 205 g/mol. The number of aryl methyl sites for hydroxylation is 2. The maximum atomic E-state index is 3.39. The van der Waals surface area contributed by atoms with Gasteiger partial charge in [0.1, 0.15) is 0 Å². The highest BCUT2D eigenvalue weighted by Crippen LogP contribution is 2.13. The van der Waals surface area contributed by atoms with Gasteiger partial charge < -0.3 is 5.32 Å². The number of benzene rings is 1. The van der Waals surface area contributed by atoms with Crippen LogP contribution >= 0.6 is 0 Å². The minimum absolute atomic E-state index is 0.622. The van der Waals surface area contributed by atoms with Crippen LogP contribution in [0.2, 0.25) is 0 Å². The van der Waals surface area contributed by atoms with E-state index >= 15 is 0 Å². The third-order valence-corrected chi connectivity index (χ3v) is 3.10. The molecule has 0 saturated carbocycles. The van der Waals surface area contributed by atoms with E-state index in [1.165, 1.54) is 29.5 Å². The summed E-state index contributed by atoms with van der Waals surface area (Å²) < 4.78 is 0. The minimum atomic E-state index is 0.622. The first kappa shape index (κ1) is 12.3. The second-order valence-electron chi connectivity index (χ2n) is 4.40. The van der Waals surface area contributed by atoms with Gasteiger partial charge in [-0.05, 0) is 50.4 Å². The Kier molecular flexibility index (Phi) is 4.83. The summed E-state index contributed by atoms with van der Waals surface area (Å²) in [4.78, 5) is 0. The third kappa shape index (κ3) is 3.67. The van der Waals surface area contributed by atoms with Crippen LogP contribution in [0, 0.1) is 13.8 Å². The van der Waals surface area contributed by atoms with Gasteiger partial charge in [-0.1, -0.05) is 31.5 Å². The largest absolute Gasteiger partial charge is 0.317 e. The fraction of sp³-hybridized carbons (Fsp3) is 0.571. The molecule has 1 atom stereocenters. The maximum Gasteiger partial charge on any atom is 0.0104 e. The molecule has 0 aliphatic heterocycles. The van der Waals surface area contributed by atoms with Crippen molar-refractivity contribution < 1.29 is 0 Å². The molecule has 15 heavy (non-hydrogen) atoms. The lowest BCUT2D eigenvalue weighted by molar-refractivity contribution is 0.513. The van der Waals surface area contributed by atoms with Gasteiger partial charge in [-0.3, -0.25) is 0 Å². The molecule has 1 unspecified atom stereocenters. The van der Waals surface area contributed by atoms with E-state index in [4.69, 9.17) is 0 Å². The molecule has 1 N–H and O–H groups in total. The standard InChI is InChI=1S/C14H23N/c1-5-6-14(15-4)10-13-8-7-11(2)12(3)9-13/h7-9,14-15H,5-6,10H2,1-4H3. The quantitative estimate of drug-likeness (QED) is 0.778. The summed E-state index contributed by atoms with van der Waals surface area (Å²) in [6.45, 7) is 6.60. The molecule has 0 bridgehead atoms. The third-order valence-electron chi connectivity index (χ3n) is 3.10. The topological polar surface area (TPSA) is 12.0 Å². The first-order valence-electron chi connectivity index (χ1n) is 5.90. The highest BCUT2D eigenvalue weighted by atomic mass is 14.9. The van der Waals surface area contributed by atoms with Crippen LogP contribution in [0.1, 0.15) is 36.5 Å². The molecule has 1 aromatic rings. The summed E-state index contributed by atoms with van der Waals surface area (Å²) in [6.07, 6.45) is 3.64. The lowest BCUT2D eigenvalue weighted by Crippen LogP contribution is -2.27. The van der Waals surface area contributed by atoms with Gasteiger partial charge in [0, 0.05) is 6.04 Å². The average molecular weight is 205 g/mol. The summed E-state index contributed by atoms with van der Waals surface area (Å²) in [5.74, 6) is 0. The molecule has 0 aromatic heterocycles. The van der Waals surface area contributed by atoms with Crippen LogP contribution < -0.4 is 5.32 Å². The Morgan fingerprint density at radius 2 is 1.93 bits per heavy atom. The smallest absolute Gasteiger partial charge is 0.0104 e. The van der Waals surface area contributed by atoms with Gasteiger partial charge in [0.25, 0.3) is 0 Å². The van der Waals surface area contributed by atoms with Gasteiger partial charge in [0.05, 0.1) is 0 Å². The minimum Gasteiger partial charge on any atom is -0.317 e. The molecule has 0 amide bonds. The number of likely N-dealkylation sites (N-methyl/N-ethyl adjacent to an activating group) is 1. The van der Waals surface area contributed by atoms with E-state index in [0.717, 1.165) is 6.42 Å². The van der Waals surface area contributed by atoms with Crippen LogP contribution in [0.25, 0.3) is 0 Å². The molecule has 0 radical (unpaired) electrons. The number of rotatable bonds is 5. The molecule has 1 aromatic carbocycles. The van der Waals surface area contributed by atoms with Crippen molar-refractivity contribution in [3.8, 4) is 0 Å². The second-order valence-corrected chi connectivity index (χ2v) is 4.40. The molecule has 1 heteroatoms. The van der Waals surface area contributed by atoms with E-state index in [-0.39, 0.29) is 0 Å². The zero-order chi connectivity index (χ0) is 11.3. The SMILES string of the molecule is CCCC(Cc1ccc(C)c(C)c1)NC. The van der Waals surface area contributed by atoms with E-state index in [9.17, 15) is 0 Å². The van der Waals surface area contributed by atoms with Crippen LogP contribution in [0.5, 0.6) is 0 Å². The average Bonchev–Trinajstić information content (AvgIpc) is 2.23. The fourth-order valence-corrected chi connectivity index (χ4v) is 1.91. The highest BCUT2D eigenvalue weighted by Gasteiger charge is 2.06. The van der Waals surface area contributed by atoms with Crippen molar-refractivity contribution in [3.05, 3.63) is 34.9 Å². The van der Waals surface area contributed by atoms with E-state index in [0.29, 0.717) is 6.04 Å². The summed E-state index contributed by atoms with van der Waals surface area (Å²) >= 11 is 0. The Morgan fingerprint density at radius 3 is 2.47 bits per heavy atom. The molecule has 0 saturated heterocycles. The molecule has 84 valence electrons. The molecule has 0 aliphatic rings. The number of hydrogen-bond acceptors (Lipinski definition) is 1. The summed E-state index contributed by atoms with van der Waals surface area (Å²) in [6, 6.07) is 7.41. The van der Waals surface area contributed by atoms with Gasteiger partial charge in [-0.25, -0.2) is 0 Å². The van der Waals surface area contributed by atoms with Crippen molar-refractivity contribution in [3.63, 3.8) is 0 Å². The van der Waals surface area contributed by atoms with Crippen LogP contribution in [0.3, 0.4) is 0 Å². The number of hydrogen-bond donors (Lipinski definition) is 1. The van der Waals surface area contributed by atoms with Crippen LogP contribution in [0.15, 0.2) is 18.2 Å². The maximum absolute atomic E-state index is 3.39. The Balaban J connectivity index is 2.66. The molecule has 0 spiro atoms. The summed E-state index contributed by atoms with van der Waals surface area (Å²) in [5.41, 5.74) is 4.24. The van der Waals surface area contributed by atoms with Gasteiger partial charge in [-0.15, -0.1) is 0 Å². The molecule has 1 rings (SSSR count). The van der Waals surface area contributed by atoms with Crippen LogP contribution in [0.4, 0.5) is 0 Å². The van der Waals surface area contributed by atoms with E-state index in [2.05, 4.69) is 51.3 Å². The van der Waals surface area contributed by atoms with E-state index in [1.807, 2.05) is 0 Å². The first-order valence-corrected chi connectivity index (χ1v) is 5.90. The fourth-order valence-electron chi connectivity index (χ4n) is 1.91. The number of nitrogens with one attached hydrogen (secondary N) is 1. The second kappa shape index (κ2) is 5.92. The predicted octanol–water partition coefficient (Wildman–Crippen LogP) is 3.23. The van der Waals surface area contributed by atoms with Crippen LogP contribution in [-0.2, 0) is 6.42 Å². The van der Waals surface area contributed by atoms with Crippen molar-refractivity contribution in [2.45, 2.75) is 46.1 Å². The van der Waals surface area contributed by atoms with Gasteiger partial charge >= 0.3 is 0 Å². The first-order chi connectivity index (χ1) is 7.17. The highest BCUT2D eigenvalue weighted by molar-refractivity contribution is 5.30. The van der Waals surface area contributed by atoms with Crippen LogP contribution in [-0.4, -0.2) is 13.1 Å². The van der Waals surface area contributed by atoms with Gasteiger partial charge in [-0.2, -0.15) is 0 Å². The lowest BCUT2D eigenvalue weighted by atomic mass is 9.99. The van der Waals surface area contributed by atoms with Crippen molar-refractivity contribution in [2.24, 2.45) is 0 Å². The Bertz CT molecular complexity index is 304. The van der Waals surface area contributed by atoms with Crippen molar-refractivity contribution in [2.75, 3.05) is 7.05 Å². The Labute approximate surface area is 93.9 Å². The van der Waals surface area contributed by atoms with Crippen molar-refractivity contribution >= 4 is 0 Å². The zero-order valence-electron chi connectivity index (χ0n) is 10.4.